The van der Waals surface area contributed by atoms with Crippen LogP contribution in [0.1, 0.15) is 17.9 Å². The molecule has 1 aliphatic heterocycles. The molecule has 26 heavy (non-hydrogen) atoms. The highest BCUT2D eigenvalue weighted by molar-refractivity contribution is 6.31. The monoisotopic (exact) mass is 398 g/mol. The van der Waals surface area contributed by atoms with Gasteiger partial charge in [0.2, 0.25) is 5.91 Å². The quantitative estimate of drug-likeness (QED) is 0.673. The van der Waals surface area contributed by atoms with E-state index in [2.05, 4.69) is 10.6 Å². The summed E-state index contributed by atoms with van der Waals surface area (Å²) >= 11 is 11.8. The number of hydrogen-bond acceptors (Lipinski definition) is 4. The molecule has 1 aliphatic rings. The molecular formula is C18H17Cl2FN2O3. The van der Waals surface area contributed by atoms with E-state index in [4.69, 9.17) is 33.0 Å². The van der Waals surface area contributed by atoms with Gasteiger partial charge in [0.1, 0.15) is 18.8 Å². The molecule has 2 aromatic carbocycles. The first-order valence-corrected chi connectivity index (χ1v) is 8.74. The predicted octanol–water partition coefficient (Wildman–Crippen LogP) is 3.51. The van der Waals surface area contributed by atoms with Crippen LogP contribution in [0.5, 0.6) is 0 Å². The van der Waals surface area contributed by atoms with E-state index in [1.807, 2.05) is 0 Å². The van der Waals surface area contributed by atoms with E-state index in [1.165, 1.54) is 6.07 Å². The lowest BCUT2D eigenvalue weighted by Gasteiger charge is -2.20. The van der Waals surface area contributed by atoms with Gasteiger partial charge in [0, 0.05) is 16.6 Å². The van der Waals surface area contributed by atoms with Crippen LogP contribution in [0.2, 0.25) is 10.0 Å². The van der Waals surface area contributed by atoms with Crippen LogP contribution in [-0.2, 0) is 9.53 Å². The average molecular weight is 399 g/mol. The van der Waals surface area contributed by atoms with Gasteiger partial charge in [-0.1, -0.05) is 41.4 Å². The summed E-state index contributed by atoms with van der Waals surface area (Å²) in [5.41, 5.74) is 0.849. The van der Waals surface area contributed by atoms with Crippen molar-refractivity contribution in [3.63, 3.8) is 0 Å². The number of anilines is 1. The van der Waals surface area contributed by atoms with E-state index in [-0.39, 0.29) is 10.9 Å². The minimum atomic E-state index is -0.765. The van der Waals surface area contributed by atoms with E-state index in [1.54, 1.807) is 36.4 Å². The van der Waals surface area contributed by atoms with E-state index < -0.39 is 30.8 Å². The Morgan fingerprint density at radius 2 is 2.08 bits per heavy atom. The molecule has 1 saturated heterocycles. The number of rotatable bonds is 5. The second-order valence-corrected chi connectivity index (χ2v) is 6.76. The number of carbonyl (C=O) groups excluding carboxylic acids is 1. The van der Waals surface area contributed by atoms with Gasteiger partial charge in [-0.3, -0.25) is 10.1 Å². The lowest BCUT2D eigenvalue weighted by atomic mass is 9.90. The second-order valence-electron chi connectivity index (χ2n) is 5.91. The Morgan fingerprint density at radius 3 is 2.81 bits per heavy atom. The number of halogens is 3. The minimum absolute atomic E-state index is 0.0111. The molecule has 0 bridgehead atoms. The molecule has 3 unspecified atom stereocenters. The molecular weight excluding hydrogens is 382 g/mol. The fourth-order valence-corrected chi connectivity index (χ4v) is 3.49. The van der Waals surface area contributed by atoms with Crippen LogP contribution >= 0.6 is 23.2 Å². The number of aliphatic hydroxyl groups is 1. The van der Waals surface area contributed by atoms with E-state index in [0.717, 1.165) is 0 Å². The summed E-state index contributed by atoms with van der Waals surface area (Å²) in [7, 11) is 0. The standard InChI is InChI=1S/C18H17Cl2FN2O3/c19-10-3-1-4-11(7-10)22-18(25)17-13(8-15(23-17)26-9-24)12-5-2-6-14(20)16(12)21/h1-7,13,15,17,23-24H,8-9H2,(H,22,25). The lowest BCUT2D eigenvalue weighted by Crippen LogP contribution is -2.42. The Hall–Kier alpha value is -1.70. The maximum atomic E-state index is 14.5. The van der Waals surface area contributed by atoms with Gasteiger partial charge in [0.15, 0.2) is 0 Å². The van der Waals surface area contributed by atoms with Crippen molar-refractivity contribution in [1.29, 1.82) is 0 Å². The number of amides is 1. The van der Waals surface area contributed by atoms with E-state index >= 15 is 0 Å². The molecule has 1 fully saturated rings. The fourth-order valence-electron chi connectivity index (χ4n) is 3.12. The van der Waals surface area contributed by atoms with Crippen LogP contribution in [0.25, 0.3) is 0 Å². The smallest absolute Gasteiger partial charge is 0.242 e. The molecule has 3 rings (SSSR count). The summed E-state index contributed by atoms with van der Waals surface area (Å²) in [5.74, 6) is -1.43. The summed E-state index contributed by atoms with van der Waals surface area (Å²) in [4.78, 5) is 12.8. The van der Waals surface area contributed by atoms with Crippen LogP contribution in [0.3, 0.4) is 0 Å². The average Bonchev–Trinajstić information content (AvgIpc) is 3.01. The van der Waals surface area contributed by atoms with Crippen molar-refractivity contribution in [2.24, 2.45) is 0 Å². The highest BCUT2D eigenvalue weighted by atomic mass is 35.5. The highest BCUT2D eigenvalue weighted by Gasteiger charge is 2.41. The first kappa shape index (κ1) is 19.1. The van der Waals surface area contributed by atoms with Crippen LogP contribution in [0.4, 0.5) is 10.1 Å². The molecule has 0 spiro atoms. The van der Waals surface area contributed by atoms with Crippen molar-refractivity contribution in [3.8, 4) is 0 Å². The number of ether oxygens (including phenoxy) is 1. The van der Waals surface area contributed by atoms with Gasteiger partial charge in [-0.2, -0.15) is 0 Å². The highest BCUT2D eigenvalue weighted by Crippen LogP contribution is 2.35. The number of nitrogens with one attached hydrogen (secondary N) is 2. The third-order valence-corrected chi connectivity index (χ3v) is 4.79. The molecule has 2 aromatic rings. The van der Waals surface area contributed by atoms with E-state index in [9.17, 15) is 9.18 Å². The number of carbonyl (C=O) groups is 1. The third kappa shape index (κ3) is 4.16. The lowest BCUT2D eigenvalue weighted by molar-refractivity contribution is -0.119. The van der Waals surface area contributed by atoms with Gasteiger partial charge in [-0.25, -0.2) is 4.39 Å². The zero-order valence-electron chi connectivity index (χ0n) is 13.6. The molecule has 8 heteroatoms. The summed E-state index contributed by atoms with van der Waals surface area (Å²) < 4.78 is 19.6. The van der Waals surface area contributed by atoms with Gasteiger partial charge in [0.25, 0.3) is 0 Å². The molecule has 0 saturated carbocycles. The molecule has 3 N–H and O–H groups in total. The molecule has 1 heterocycles. The summed E-state index contributed by atoms with van der Waals surface area (Å²) in [6.45, 7) is -0.509. The van der Waals surface area contributed by atoms with Gasteiger partial charge in [-0.15, -0.1) is 0 Å². The molecule has 0 radical (unpaired) electrons. The van der Waals surface area contributed by atoms with Gasteiger partial charge < -0.3 is 15.2 Å². The topological polar surface area (TPSA) is 70.6 Å². The predicted molar refractivity (Wildman–Crippen MR) is 97.7 cm³/mol. The molecule has 138 valence electrons. The van der Waals surface area contributed by atoms with Crippen LogP contribution in [0.15, 0.2) is 42.5 Å². The number of aliphatic hydroxyl groups excluding tert-OH is 1. The van der Waals surface area contributed by atoms with Crippen LogP contribution in [-0.4, -0.2) is 30.1 Å². The normalized spacial score (nSPS) is 22.4. The van der Waals surface area contributed by atoms with Crippen molar-refractivity contribution >= 4 is 34.8 Å². The zero-order valence-corrected chi connectivity index (χ0v) is 15.1. The Morgan fingerprint density at radius 1 is 1.31 bits per heavy atom. The Balaban J connectivity index is 1.86. The Kier molecular flexibility index (Phi) is 6.11. The molecule has 3 atom stereocenters. The number of benzene rings is 2. The minimum Gasteiger partial charge on any atom is -0.371 e. The zero-order chi connectivity index (χ0) is 18.7. The van der Waals surface area contributed by atoms with Gasteiger partial charge >= 0.3 is 0 Å². The summed E-state index contributed by atoms with van der Waals surface area (Å²) in [6.07, 6.45) is -0.274. The first-order chi connectivity index (χ1) is 12.5. The van der Waals surface area contributed by atoms with Crippen molar-refractivity contribution in [1.82, 2.24) is 5.32 Å². The maximum Gasteiger partial charge on any atom is 0.242 e. The van der Waals surface area contributed by atoms with Gasteiger partial charge in [0.05, 0.1) is 11.1 Å². The Bertz CT molecular complexity index is 806. The third-order valence-electron chi connectivity index (χ3n) is 4.27. The molecule has 0 aromatic heterocycles. The van der Waals surface area contributed by atoms with Crippen molar-refractivity contribution in [3.05, 3.63) is 63.9 Å². The summed E-state index contributed by atoms with van der Waals surface area (Å²) in [6, 6.07) is 10.6. The van der Waals surface area contributed by atoms with E-state index in [0.29, 0.717) is 22.7 Å². The SMILES string of the molecule is O=C(Nc1cccc(Cl)c1)C1NC(OCO)CC1c1cccc(Cl)c1F. The number of hydrogen-bond donors (Lipinski definition) is 3. The van der Waals surface area contributed by atoms with Gasteiger partial charge in [-0.05, 0) is 36.2 Å². The first-order valence-electron chi connectivity index (χ1n) is 7.98. The van der Waals surface area contributed by atoms with Crippen molar-refractivity contribution < 1.29 is 19.0 Å². The second kappa shape index (κ2) is 8.33. The Labute approximate surface area is 160 Å². The fraction of sp³-hybridized carbons (Fsp3) is 0.278. The summed E-state index contributed by atoms with van der Waals surface area (Å²) in [5, 5.41) is 15.2. The van der Waals surface area contributed by atoms with Crippen LogP contribution in [0, 0.1) is 5.82 Å². The van der Waals surface area contributed by atoms with Crippen molar-refractivity contribution in [2.75, 3.05) is 12.1 Å². The molecule has 5 nitrogen and oxygen atoms in total. The molecule has 0 aliphatic carbocycles. The maximum absolute atomic E-state index is 14.5. The molecule has 1 amide bonds. The van der Waals surface area contributed by atoms with Crippen molar-refractivity contribution in [2.45, 2.75) is 24.6 Å². The largest absolute Gasteiger partial charge is 0.371 e. The van der Waals surface area contributed by atoms with Crippen LogP contribution < -0.4 is 10.6 Å².